The second-order valence-corrected chi connectivity index (χ2v) is 5.35. The molecule has 1 aliphatic rings. The van der Waals surface area contributed by atoms with E-state index in [0.29, 0.717) is 17.7 Å². The van der Waals surface area contributed by atoms with Crippen molar-refractivity contribution in [3.8, 4) is 5.88 Å². The Morgan fingerprint density at radius 1 is 1.33 bits per heavy atom. The Labute approximate surface area is 107 Å². The summed E-state index contributed by atoms with van der Waals surface area (Å²) in [4.78, 5) is 14.9. The van der Waals surface area contributed by atoms with Crippen molar-refractivity contribution in [3.05, 3.63) is 23.9 Å². The molecule has 1 heterocycles. The molecule has 0 bridgehead atoms. The fourth-order valence-electron chi connectivity index (χ4n) is 2.75. The molecule has 0 amide bonds. The predicted octanol–water partition coefficient (Wildman–Crippen LogP) is 2.98. The number of carboxylic acids is 1. The lowest BCUT2D eigenvalue weighted by atomic mass is 9.82. The van der Waals surface area contributed by atoms with Crippen LogP contribution in [0.1, 0.15) is 43.5 Å². The molecule has 0 saturated heterocycles. The van der Waals surface area contributed by atoms with Gasteiger partial charge in [0.25, 0.3) is 0 Å². The summed E-state index contributed by atoms with van der Waals surface area (Å²) < 4.78 is 5.81. The van der Waals surface area contributed by atoms with Crippen molar-refractivity contribution < 1.29 is 14.6 Å². The molecule has 1 fully saturated rings. The van der Waals surface area contributed by atoms with Gasteiger partial charge in [-0.15, -0.1) is 0 Å². The molecule has 4 nitrogen and oxygen atoms in total. The Morgan fingerprint density at radius 3 is 2.61 bits per heavy atom. The molecule has 2 atom stereocenters. The summed E-state index contributed by atoms with van der Waals surface area (Å²) in [6.45, 7) is 4.46. The number of nitrogens with zero attached hydrogens (tertiary/aromatic N) is 1. The van der Waals surface area contributed by atoms with Gasteiger partial charge in [-0.05, 0) is 37.2 Å². The van der Waals surface area contributed by atoms with Crippen molar-refractivity contribution in [2.24, 2.45) is 11.8 Å². The second-order valence-electron chi connectivity index (χ2n) is 5.35. The molecule has 0 radical (unpaired) electrons. The van der Waals surface area contributed by atoms with E-state index in [1.807, 2.05) is 0 Å². The van der Waals surface area contributed by atoms with Crippen molar-refractivity contribution in [3.63, 3.8) is 0 Å². The summed E-state index contributed by atoms with van der Waals surface area (Å²) in [5, 5.41) is 8.92. The highest BCUT2D eigenvalue weighted by atomic mass is 16.5. The molecule has 4 heteroatoms. The van der Waals surface area contributed by atoms with E-state index < -0.39 is 5.97 Å². The largest absolute Gasteiger partial charge is 0.478 e. The smallest absolute Gasteiger partial charge is 0.335 e. The fourth-order valence-corrected chi connectivity index (χ4v) is 2.75. The zero-order valence-electron chi connectivity index (χ0n) is 10.8. The van der Waals surface area contributed by atoms with Gasteiger partial charge in [-0.25, -0.2) is 9.78 Å². The summed E-state index contributed by atoms with van der Waals surface area (Å²) in [5.74, 6) is 0.775. The van der Waals surface area contributed by atoms with Crippen LogP contribution in [0.4, 0.5) is 0 Å². The molecule has 1 aromatic rings. The van der Waals surface area contributed by atoms with Gasteiger partial charge >= 0.3 is 5.97 Å². The number of hydrogen-bond donors (Lipinski definition) is 1. The zero-order chi connectivity index (χ0) is 13.1. The molecule has 0 aliphatic heterocycles. The van der Waals surface area contributed by atoms with Crippen molar-refractivity contribution in [2.75, 3.05) is 0 Å². The number of pyridine rings is 1. The van der Waals surface area contributed by atoms with Crippen LogP contribution in [-0.2, 0) is 0 Å². The summed E-state index contributed by atoms with van der Waals surface area (Å²) in [6.07, 6.45) is 4.91. The van der Waals surface area contributed by atoms with E-state index in [4.69, 9.17) is 9.84 Å². The highest BCUT2D eigenvalue weighted by Crippen LogP contribution is 2.30. The van der Waals surface area contributed by atoms with Crippen molar-refractivity contribution in [1.29, 1.82) is 0 Å². The first-order valence-electron chi connectivity index (χ1n) is 6.40. The van der Waals surface area contributed by atoms with E-state index in [2.05, 4.69) is 18.8 Å². The number of aromatic nitrogens is 1. The highest BCUT2D eigenvalue weighted by molar-refractivity contribution is 5.87. The first-order valence-corrected chi connectivity index (χ1v) is 6.40. The summed E-state index contributed by atoms with van der Waals surface area (Å²) in [5.41, 5.74) is 0.219. The third kappa shape index (κ3) is 3.22. The van der Waals surface area contributed by atoms with E-state index in [1.54, 1.807) is 0 Å². The molecule has 98 valence electrons. The third-order valence-corrected chi connectivity index (χ3v) is 3.40. The first-order chi connectivity index (χ1) is 8.54. The van der Waals surface area contributed by atoms with Crippen LogP contribution in [-0.4, -0.2) is 22.2 Å². The van der Waals surface area contributed by atoms with Crippen LogP contribution in [0.2, 0.25) is 0 Å². The summed E-state index contributed by atoms with van der Waals surface area (Å²) >= 11 is 0. The lowest BCUT2D eigenvalue weighted by molar-refractivity contribution is 0.0692. The molecule has 0 spiro atoms. The van der Waals surface area contributed by atoms with Gasteiger partial charge < -0.3 is 9.84 Å². The minimum Gasteiger partial charge on any atom is -0.478 e. The summed E-state index contributed by atoms with van der Waals surface area (Å²) in [6, 6.07) is 2.97. The average Bonchev–Trinajstić information content (AvgIpc) is 2.27. The van der Waals surface area contributed by atoms with Gasteiger partial charge in [-0.1, -0.05) is 13.8 Å². The van der Waals surface area contributed by atoms with E-state index in [0.717, 1.165) is 12.8 Å². The molecule has 18 heavy (non-hydrogen) atoms. The van der Waals surface area contributed by atoms with Crippen molar-refractivity contribution in [1.82, 2.24) is 4.98 Å². The van der Waals surface area contributed by atoms with Gasteiger partial charge in [0.1, 0.15) is 6.10 Å². The van der Waals surface area contributed by atoms with Crippen LogP contribution >= 0.6 is 0 Å². The quantitative estimate of drug-likeness (QED) is 0.894. The highest BCUT2D eigenvalue weighted by Gasteiger charge is 2.25. The van der Waals surface area contributed by atoms with Gasteiger partial charge in [0.2, 0.25) is 5.88 Å². The second kappa shape index (κ2) is 5.38. The number of carboxylic acid groups (broad SMARTS) is 1. The van der Waals surface area contributed by atoms with Crippen LogP contribution in [0, 0.1) is 11.8 Å². The summed E-state index contributed by atoms with van der Waals surface area (Å²) in [7, 11) is 0. The Balaban J connectivity index is 2.04. The maximum absolute atomic E-state index is 10.9. The van der Waals surface area contributed by atoms with E-state index >= 15 is 0 Å². The molecule has 2 rings (SSSR count). The molecule has 0 aromatic carbocycles. The van der Waals surface area contributed by atoms with E-state index in [-0.39, 0.29) is 11.7 Å². The maximum Gasteiger partial charge on any atom is 0.335 e. The SMILES string of the molecule is CC1CC(C)CC(Oc2cc(C(=O)O)ccn2)C1. The van der Waals surface area contributed by atoms with Gasteiger partial charge in [-0.2, -0.15) is 0 Å². The molecule has 2 unspecified atom stereocenters. The topological polar surface area (TPSA) is 59.4 Å². The normalized spacial score (nSPS) is 27.8. The molecular weight excluding hydrogens is 230 g/mol. The lowest BCUT2D eigenvalue weighted by Gasteiger charge is -2.31. The number of ether oxygens (including phenoxy) is 1. The van der Waals surface area contributed by atoms with Crippen LogP contribution in [0.15, 0.2) is 18.3 Å². The van der Waals surface area contributed by atoms with Crippen LogP contribution < -0.4 is 4.74 Å². The average molecular weight is 249 g/mol. The minimum atomic E-state index is -0.951. The van der Waals surface area contributed by atoms with E-state index in [1.165, 1.54) is 24.8 Å². The number of aromatic carboxylic acids is 1. The number of hydrogen-bond acceptors (Lipinski definition) is 3. The molecular formula is C14H19NO3. The third-order valence-electron chi connectivity index (χ3n) is 3.40. The molecule has 1 aliphatic carbocycles. The first kappa shape index (κ1) is 12.9. The van der Waals surface area contributed by atoms with Gasteiger partial charge in [0.05, 0.1) is 5.56 Å². The van der Waals surface area contributed by atoms with Crippen LogP contribution in [0.5, 0.6) is 5.88 Å². The number of carbonyl (C=O) groups is 1. The number of rotatable bonds is 3. The zero-order valence-corrected chi connectivity index (χ0v) is 10.8. The Morgan fingerprint density at radius 2 is 2.00 bits per heavy atom. The molecule has 1 aromatic heterocycles. The van der Waals surface area contributed by atoms with Gasteiger partial charge in [-0.3, -0.25) is 0 Å². The predicted molar refractivity (Wildman–Crippen MR) is 67.8 cm³/mol. The van der Waals surface area contributed by atoms with Crippen molar-refractivity contribution >= 4 is 5.97 Å². The van der Waals surface area contributed by atoms with Gasteiger partial charge in [0, 0.05) is 12.3 Å². The monoisotopic (exact) mass is 249 g/mol. The minimum absolute atomic E-state index is 0.153. The lowest BCUT2D eigenvalue weighted by Crippen LogP contribution is -2.28. The van der Waals surface area contributed by atoms with Gasteiger partial charge in [0.15, 0.2) is 0 Å². The van der Waals surface area contributed by atoms with Crippen LogP contribution in [0.3, 0.4) is 0 Å². The Hall–Kier alpha value is -1.58. The fraction of sp³-hybridized carbons (Fsp3) is 0.571. The Kier molecular flexibility index (Phi) is 3.84. The molecule has 1 saturated carbocycles. The maximum atomic E-state index is 10.9. The van der Waals surface area contributed by atoms with Crippen molar-refractivity contribution in [2.45, 2.75) is 39.2 Å². The Bertz CT molecular complexity index is 423. The van der Waals surface area contributed by atoms with Crippen LogP contribution in [0.25, 0.3) is 0 Å². The van der Waals surface area contributed by atoms with E-state index in [9.17, 15) is 4.79 Å². The molecule has 1 N–H and O–H groups in total. The standard InChI is InChI=1S/C14H19NO3/c1-9-5-10(2)7-12(6-9)18-13-8-11(14(16)17)3-4-15-13/h3-4,8-10,12H,5-7H2,1-2H3,(H,16,17).